The molecule has 7 nitrogen and oxygen atoms in total. The Morgan fingerprint density at radius 1 is 1.52 bits per heavy atom. The van der Waals surface area contributed by atoms with Crippen LogP contribution in [0.15, 0.2) is 20.3 Å². The van der Waals surface area contributed by atoms with Gasteiger partial charge in [-0.3, -0.25) is 19.1 Å². The van der Waals surface area contributed by atoms with E-state index in [4.69, 9.17) is 9.47 Å². The SMILES string of the molecule is CC[C@H]1O[C@@H](n2cc(Br)c(=O)[nH]c2=O)[C@@H](OC(C)=O)C1C. The number of aromatic nitrogens is 2. The second-order valence-corrected chi connectivity index (χ2v) is 5.90. The number of nitrogens with one attached hydrogen (secondary N) is 1. The van der Waals surface area contributed by atoms with Crippen molar-refractivity contribution in [3.8, 4) is 0 Å². The van der Waals surface area contributed by atoms with E-state index in [0.717, 1.165) is 6.42 Å². The van der Waals surface area contributed by atoms with Crippen LogP contribution in [-0.4, -0.2) is 27.7 Å². The van der Waals surface area contributed by atoms with Crippen LogP contribution in [0.5, 0.6) is 0 Å². The molecule has 1 N–H and O–H groups in total. The minimum atomic E-state index is -0.755. The van der Waals surface area contributed by atoms with Gasteiger partial charge in [-0.25, -0.2) is 4.79 Å². The van der Waals surface area contributed by atoms with Gasteiger partial charge in [0.25, 0.3) is 5.56 Å². The van der Waals surface area contributed by atoms with E-state index in [0.29, 0.717) is 0 Å². The highest BCUT2D eigenvalue weighted by atomic mass is 79.9. The summed E-state index contributed by atoms with van der Waals surface area (Å²) in [6.07, 6.45) is 0.622. The van der Waals surface area contributed by atoms with Crippen molar-refractivity contribution in [3.05, 3.63) is 31.5 Å². The van der Waals surface area contributed by atoms with Gasteiger partial charge in [-0.05, 0) is 22.4 Å². The fraction of sp³-hybridized carbons (Fsp3) is 0.615. The average Bonchev–Trinajstić information content (AvgIpc) is 2.71. The van der Waals surface area contributed by atoms with Gasteiger partial charge >= 0.3 is 11.7 Å². The predicted molar refractivity (Wildman–Crippen MR) is 77.9 cm³/mol. The van der Waals surface area contributed by atoms with Crippen LogP contribution < -0.4 is 11.2 Å². The smallest absolute Gasteiger partial charge is 0.330 e. The summed E-state index contributed by atoms with van der Waals surface area (Å²) in [5.41, 5.74) is -1.12. The van der Waals surface area contributed by atoms with Crippen LogP contribution in [0.25, 0.3) is 0 Å². The number of esters is 1. The second-order valence-electron chi connectivity index (χ2n) is 5.05. The molecule has 1 aliphatic rings. The summed E-state index contributed by atoms with van der Waals surface area (Å²) in [5.74, 6) is -0.491. The number of hydrogen-bond acceptors (Lipinski definition) is 5. The molecule has 2 rings (SSSR count). The van der Waals surface area contributed by atoms with Crippen LogP contribution in [0.1, 0.15) is 33.4 Å². The Morgan fingerprint density at radius 2 is 2.19 bits per heavy atom. The first-order chi connectivity index (χ1) is 9.85. The molecule has 0 amide bonds. The second kappa shape index (κ2) is 6.15. The summed E-state index contributed by atoms with van der Waals surface area (Å²) >= 11 is 3.08. The monoisotopic (exact) mass is 360 g/mol. The number of ether oxygens (including phenoxy) is 2. The Bertz CT molecular complexity index is 653. The number of halogens is 1. The molecule has 0 spiro atoms. The molecule has 4 atom stereocenters. The normalized spacial score (nSPS) is 28.6. The fourth-order valence-corrected chi connectivity index (χ4v) is 2.87. The van der Waals surface area contributed by atoms with Crippen LogP contribution in [0, 0.1) is 5.92 Å². The fourth-order valence-electron chi connectivity index (χ4n) is 2.55. The lowest BCUT2D eigenvalue weighted by atomic mass is 9.98. The summed E-state index contributed by atoms with van der Waals surface area (Å²) in [4.78, 5) is 36.9. The average molecular weight is 361 g/mol. The maximum absolute atomic E-state index is 12.0. The van der Waals surface area contributed by atoms with Crippen molar-refractivity contribution in [2.75, 3.05) is 0 Å². The van der Waals surface area contributed by atoms with E-state index < -0.39 is 29.6 Å². The molecule has 1 aromatic heterocycles. The van der Waals surface area contributed by atoms with Crippen molar-refractivity contribution in [2.45, 2.75) is 45.6 Å². The van der Waals surface area contributed by atoms with Gasteiger partial charge < -0.3 is 9.47 Å². The van der Waals surface area contributed by atoms with E-state index in [9.17, 15) is 14.4 Å². The van der Waals surface area contributed by atoms with E-state index in [1.54, 1.807) is 0 Å². The zero-order chi connectivity index (χ0) is 15.7. The molecular weight excluding hydrogens is 344 g/mol. The standard InChI is InChI=1S/C13H17BrN2O5/c1-4-9-6(2)10(20-7(3)17)12(21-9)16-5-8(14)11(18)15-13(16)19/h5-6,9-10,12H,4H2,1-3H3,(H,15,18,19)/t6?,9-,10+,12-/m1/s1. The number of aromatic amines is 1. The number of H-pyrrole nitrogens is 1. The molecular formula is C13H17BrN2O5. The summed E-state index contributed by atoms with van der Waals surface area (Å²) in [7, 11) is 0. The van der Waals surface area contributed by atoms with Gasteiger partial charge in [0.1, 0.15) is 0 Å². The van der Waals surface area contributed by atoms with Crippen molar-refractivity contribution in [1.82, 2.24) is 9.55 Å². The number of rotatable bonds is 3. The lowest BCUT2D eigenvalue weighted by Crippen LogP contribution is -2.38. The van der Waals surface area contributed by atoms with Crippen LogP contribution >= 0.6 is 15.9 Å². The highest BCUT2D eigenvalue weighted by Crippen LogP contribution is 2.36. The quantitative estimate of drug-likeness (QED) is 0.817. The highest BCUT2D eigenvalue weighted by molar-refractivity contribution is 9.10. The first-order valence-electron chi connectivity index (χ1n) is 6.68. The third-order valence-corrected chi connectivity index (χ3v) is 4.17. The van der Waals surface area contributed by atoms with Gasteiger partial charge in [0.2, 0.25) is 0 Å². The molecule has 0 bridgehead atoms. The lowest BCUT2D eigenvalue weighted by Gasteiger charge is -2.22. The summed E-state index contributed by atoms with van der Waals surface area (Å²) in [5, 5.41) is 0. The van der Waals surface area contributed by atoms with Crippen LogP contribution in [0.2, 0.25) is 0 Å². The molecule has 0 saturated carbocycles. The molecule has 1 saturated heterocycles. The Hall–Kier alpha value is -1.41. The Labute approximate surface area is 129 Å². The van der Waals surface area contributed by atoms with Crippen molar-refractivity contribution < 1.29 is 14.3 Å². The van der Waals surface area contributed by atoms with E-state index >= 15 is 0 Å². The minimum Gasteiger partial charge on any atom is -0.457 e. The molecule has 0 aromatic carbocycles. The van der Waals surface area contributed by atoms with E-state index in [1.807, 2.05) is 13.8 Å². The van der Waals surface area contributed by atoms with Crippen LogP contribution in [0.3, 0.4) is 0 Å². The third-order valence-electron chi connectivity index (χ3n) is 3.60. The van der Waals surface area contributed by atoms with Gasteiger partial charge in [-0.15, -0.1) is 0 Å². The first kappa shape index (κ1) is 16.0. The number of carbonyl (C=O) groups excluding carboxylic acids is 1. The molecule has 1 unspecified atom stereocenters. The third kappa shape index (κ3) is 3.11. The van der Waals surface area contributed by atoms with Gasteiger partial charge in [-0.2, -0.15) is 0 Å². The molecule has 116 valence electrons. The van der Waals surface area contributed by atoms with Crippen molar-refractivity contribution >= 4 is 21.9 Å². The van der Waals surface area contributed by atoms with E-state index in [2.05, 4.69) is 20.9 Å². The van der Waals surface area contributed by atoms with Gasteiger partial charge in [0.15, 0.2) is 12.3 Å². The van der Waals surface area contributed by atoms with E-state index in [1.165, 1.54) is 17.7 Å². The molecule has 21 heavy (non-hydrogen) atoms. The van der Waals surface area contributed by atoms with Gasteiger partial charge in [0, 0.05) is 19.0 Å². The number of carbonyl (C=O) groups is 1. The Kier molecular flexibility index (Phi) is 4.67. The van der Waals surface area contributed by atoms with Gasteiger partial charge in [0.05, 0.1) is 10.6 Å². The number of nitrogens with zero attached hydrogens (tertiary/aromatic N) is 1. The Morgan fingerprint density at radius 3 is 2.76 bits per heavy atom. The van der Waals surface area contributed by atoms with Crippen molar-refractivity contribution in [1.29, 1.82) is 0 Å². The topological polar surface area (TPSA) is 90.4 Å². The predicted octanol–water partition coefficient (Wildman–Crippen LogP) is 1.17. The van der Waals surface area contributed by atoms with Crippen molar-refractivity contribution in [3.63, 3.8) is 0 Å². The number of hydrogen-bond donors (Lipinski definition) is 1. The van der Waals surface area contributed by atoms with Crippen LogP contribution in [-0.2, 0) is 14.3 Å². The van der Waals surface area contributed by atoms with E-state index in [-0.39, 0.29) is 16.5 Å². The molecule has 0 aliphatic carbocycles. The maximum Gasteiger partial charge on any atom is 0.330 e. The molecule has 2 heterocycles. The Balaban J connectivity index is 2.45. The van der Waals surface area contributed by atoms with Crippen molar-refractivity contribution in [2.24, 2.45) is 5.92 Å². The molecule has 8 heteroatoms. The summed E-state index contributed by atoms with van der Waals surface area (Å²) in [6.45, 7) is 5.18. The highest BCUT2D eigenvalue weighted by Gasteiger charge is 2.44. The first-order valence-corrected chi connectivity index (χ1v) is 7.48. The zero-order valence-electron chi connectivity index (χ0n) is 12.0. The van der Waals surface area contributed by atoms with Gasteiger partial charge in [-0.1, -0.05) is 13.8 Å². The summed E-state index contributed by atoms with van der Waals surface area (Å²) < 4.78 is 12.6. The largest absolute Gasteiger partial charge is 0.457 e. The zero-order valence-corrected chi connectivity index (χ0v) is 13.5. The maximum atomic E-state index is 12.0. The minimum absolute atomic E-state index is 0.0542. The molecule has 1 aromatic rings. The van der Waals surface area contributed by atoms with Crippen LogP contribution in [0.4, 0.5) is 0 Å². The lowest BCUT2D eigenvalue weighted by molar-refractivity contribution is -0.153. The summed E-state index contributed by atoms with van der Waals surface area (Å²) in [6, 6.07) is 0. The molecule has 1 aliphatic heterocycles. The molecule has 0 radical (unpaired) electrons. The molecule has 1 fully saturated rings.